The van der Waals surface area contributed by atoms with E-state index in [1.807, 2.05) is 35.1 Å². The zero-order valence-electron chi connectivity index (χ0n) is 16.2. The molecule has 1 N–H and O–H groups in total. The lowest BCUT2D eigenvalue weighted by molar-refractivity contribution is -0.126. The van der Waals surface area contributed by atoms with Crippen LogP contribution in [0.2, 0.25) is 0 Å². The number of furan rings is 1. The number of aromatic nitrogens is 2. The highest BCUT2D eigenvalue weighted by molar-refractivity contribution is 5.78. The van der Waals surface area contributed by atoms with Gasteiger partial charge < -0.3 is 9.73 Å². The molecule has 1 aliphatic heterocycles. The average molecular weight is 378 g/mol. The number of amides is 1. The fourth-order valence-electron chi connectivity index (χ4n) is 3.74. The van der Waals surface area contributed by atoms with Crippen molar-refractivity contribution in [3.05, 3.63) is 71.9 Å². The van der Waals surface area contributed by atoms with Crippen molar-refractivity contribution in [1.82, 2.24) is 20.0 Å². The molecule has 1 saturated heterocycles. The smallest absolute Gasteiger partial charge is 0.223 e. The summed E-state index contributed by atoms with van der Waals surface area (Å²) in [6, 6.07) is 12.0. The summed E-state index contributed by atoms with van der Waals surface area (Å²) in [6.45, 7) is 5.28. The average Bonchev–Trinajstić information content (AvgIpc) is 3.39. The topological polar surface area (TPSA) is 63.3 Å². The molecule has 3 heterocycles. The van der Waals surface area contributed by atoms with Crippen molar-refractivity contribution >= 4 is 5.91 Å². The Labute approximate surface area is 165 Å². The predicted octanol–water partition coefficient (Wildman–Crippen LogP) is 3.30. The molecule has 0 bridgehead atoms. The summed E-state index contributed by atoms with van der Waals surface area (Å²) in [4.78, 5) is 14.8. The van der Waals surface area contributed by atoms with E-state index in [1.165, 1.54) is 11.1 Å². The van der Waals surface area contributed by atoms with Gasteiger partial charge in [0.1, 0.15) is 5.76 Å². The second-order valence-corrected chi connectivity index (χ2v) is 7.43. The fraction of sp³-hybridized carbons (Fsp3) is 0.364. The quantitative estimate of drug-likeness (QED) is 0.715. The van der Waals surface area contributed by atoms with Crippen LogP contribution < -0.4 is 5.32 Å². The maximum absolute atomic E-state index is 12.4. The van der Waals surface area contributed by atoms with Gasteiger partial charge in [-0.3, -0.25) is 9.69 Å². The van der Waals surface area contributed by atoms with Gasteiger partial charge in [0.05, 0.1) is 24.7 Å². The molecule has 3 aromatic rings. The number of carbonyl (C=O) groups excluding carboxylic acids is 1. The number of benzene rings is 1. The summed E-state index contributed by atoms with van der Waals surface area (Å²) in [5.41, 5.74) is 3.52. The van der Waals surface area contributed by atoms with Crippen LogP contribution in [0, 0.1) is 12.8 Å². The summed E-state index contributed by atoms with van der Waals surface area (Å²) in [5, 5.41) is 7.50. The molecule has 6 nitrogen and oxygen atoms in total. The summed E-state index contributed by atoms with van der Waals surface area (Å²) in [5.74, 6) is 1.00. The Morgan fingerprint density at radius 1 is 1.21 bits per heavy atom. The molecule has 28 heavy (non-hydrogen) atoms. The highest BCUT2D eigenvalue weighted by Gasteiger charge is 2.25. The number of aryl methyl sites for hydroxylation is 1. The monoisotopic (exact) mass is 378 g/mol. The van der Waals surface area contributed by atoms with Crippen molar-refractivity contribution in [2.75, 3.05) is 13.1 Å². The fourth-order valence-corrected chi connectivity index (χ4v) is 3.74. The van der Waals surface area contributed by atoms with Gasteiger partial charge in [0.25, 0.3) is 0 Å². The zero-order valence-corrected chi connectivity index (χ0v) is 16.2. The molecular formula is C22H26N4O2. The number of rotatable bonds is 6. The number of nitrogens with zero attached hydrogens (tertiary/aromatic N) is 3. The van der Waals surface area contributed by atoms with E-state index in [0.717, 1.165) is 43.9 Å². The van der Waals surface area contributed by atoms with Crippen LogP contribution in [0.3, 0.4) is 0 Å². The minimum absolute atomic E-state index is 0.0842. The molecule has 0 unspecified atom stereocenters. The number of hydrogen-bond donors (Lipinski definition) is 1. The van der Waals surface area contributed by atoms with Gasteiger partial charge in [0.15, 0.2) is 0 Å². The number of carbonyl (C=O) groups is 1. The van der Waals surface area contributed by atoms with E-state index >= 15 is 0 Å². The molecule has 0 atom stereocenters. The van der Waals surface area contributed by atoms with E-state index in [-0.39, 0.29) is 11.8 Å². The molecule has 1 fully saturated rings. The molecule has 1 amide bonds. The SMILES string of the molecule is Cc1ccccc1-n1cc(CN2CCC(C(=O)NCc3ccco3)CC2)cn1. The van der Waals surface area contributed by atoms with E-state index in [1.54, 1.807) is 6.26 Å². The van der Waals surface area contributed by atoms with Crippen molar-refractivity contribution in [1.29, 1.82) is 0 Å². The van der Waals surface area contributed by atoms with Crippen LogP contribution >= 0.6 is 0 Å². The van der Waals surface area contributed by atoms with Crippen LogP contribution in [-0.4, -0.2) is 33.7 Å². The molecule has 146 valence electrons. The third-order valence-corrected chi connectivity index (χ3v) is 5.38. The van der Waals surface area contributed by atoms with Crippen molar-refractivity contribution in [3.63, 3.8) is 0 Å². The van der Waals surface area contributed by atoms with Crippen LogP contribution in [0.25, 0.3) is 5.69 Å². The Kier molecular flexibility index (Phi) is 5.58. The molecule has 0 spiro atoms. The van der Waals surface area contributed by atoms with Gasteiger partial charge in [-0.2, -0.15) is 5.10 Å². The van der Waals surface area contributed by atoms with E-state index < -0.39 is 0 Å². The summed E-state index contributed by atoms with van der Waals surface area (Å²) >= 11 is 0. The molecule has 0 aliphatic carbocycles. The van der Waals surface area contributed by atoms with Crippen LogP contribution in [0.15, 0.2) is 59.5 Å². The molecule has 1 aromatic carbocycles. The first-order chi connectivity index (χ1) is 13.7. The Morgan fingerprint density at radius 2 is 2.04 bits per heavy atom. The summed E-state index contributed by atoms with van der Waals surface area (Å²) in [6.07, 6.45) is 7.44. The Hall–Kier alpha value is -2.86. The van der Waals surface area contributed by atoms with Crippen LogP contribution in [0.4, 0.5) is 0 Å². The zero-order chi connectivity index (χ0) is 19.3. The van der Waals surface area contributed by atoms with E-state index in [9.17, 15) is 4.79 Å². The van der Waals surface area contributed by atoms with Gasteiger partial charge in [-0.1, -0.05) is 18.2 Å². The standard InChI is InChI=1S/C22H26N4O2/c1-17-5-2-3-7-21(17)26-16-18(13-24-26)15-25-10-8-19(9-11-25)22(27)23-14-20-6-4-12-28-20/h2-7,12-13,16,19H,8-11,14-15H2,1H3,(H,23,27). The van der Waals surface area contributed by atoms with Crippen LogP contribution in [-0.2, 0) is 17.9 Å². The van der Waals surface area contributed by atoms with Crippen molar-refractivity contribution in [2.24, 2.45) is 5.92 Å². The molecular weight excluding hydrogens is 352 g/mol. The lowest BCUT2D eigenvalue weighted by Crippen LogP contribution is -2.40. The molecule has 4 rings (SSSR count). The largest absolute Gasteiger partial charge is 0.467 e. The maximum atomic E-state index is 12.4. The van der Waals surface area contributed by atoms with Gasteiger partial charge >= 0.3 is 0 Å². The normalized spacial score (nSPS) is 15.6. The third-order valence-electron chi connectivity index (χ3n) is 5.38. The van der Waals surface area contributed by atoms with Gasteiger partial charge in [0.2, 0.25) is 5.91 Å². The minimum Gasteiger partial charge on any atom is -0.467 e. The second kappa shape index (κ2) is 8.44. The summed E-state index contributed by atoms with van der Waals surface area (Å²) < 4.78 is 7.21. The highest BCUT2D eigenvalue weighted by atomic mass is 16.3. The molecule has 0 saturated carbocycles. The molecule has 0 radical (unpaired) electrons. The van der Waals surface area contributed by atoms with Crippen molar-refractivity contribution in [3.8, 4) is 5.69 Å². The van der Waals surface area contributed by atoms with Crippen LogP contribution in [0.5, 0.6) is 0 Å². The molecule has 6 heteroatoms. The Morgan fingerprint density at radius 3 is 2.79 bits per heavy atom. The van der Waals surface area contributed by atoms with E-state index in [4.69, 9.17) is 4.42 Å². The molecule has 1 aliphatic rings. The van der Waals surface area contributed by atoms with Gasteiger partial charge in [0, 0.05) is 24.2 Å². The number of nitrogens with one attached hydrogen (secondary N) is 1. The van der Waals surface area contributed by atoms with Crippen molar-refractivity contribution in [2.45, 2.75) is 32.9 Å². The van der Waals surface area contributed by atoms with Crippen LogP contribution in [0.1, 0.15) is 29.7 Å². The minimum atomic E-state index is 0.0842. The first-order valence-corrected chi connectivity index (χ1v) is 9.81. The number of piperidine rings is 1. The van der Waals surface area contributed by atoms with E-state index in [0.29, 0.717) is 6.54 Å². The third kappa shape index (κ3) is 4.34. The van der Waals surface area contributed by atoms with Crippen molar-refractivity contribution < 1.29 is 9.21 Å². The lowest BCUT2D eigenvalue weighted by atomic mass is 9.95. The van der Waals surface area contributed by atoms with E-state index in [2.05, 4.69) is 40.6 Å². The summed E-state index contributed by atoms with van der Waals surface area (Å²) in [7, 11) is 0. The Bertz CT molecular complexity index is 908. The first-order valence-electron chi connectivity index (χ1n) is 9.81. The lowest BCUT2D eigenvalue weighted by Gasteiger charge is -2.30. The highest BCUT2D eigenvalue weighted by Crippen LogP contribution is 2.20. The second-order valence-electron chi connectivity index (χ2n) is 7.43. The number of hydrogen-bond acceptors (Lipinski definition) is 4. The maximum Gasteiger partial charge on any atom is 0.223 e. The van der Waals surface area contributed by atoms with Gasteiger partial charge in [-0.25, -0.2) is 4.68 Å². The van der Waals surface area contributed by atoms with Gasteiger partial charge in [-0.05, 0) is 56.6 Å². The molecule has 2 aromatic heterocycles. The first kappa shape index (κ1) is 18.5. The number of para-hydroxylation sites is 1. The predicted molar refractivity (Wildman–Crippen MR) is 107 cm³/mol. The van der Waals surface area contributed by atoms with Gasteiger partial charge in [-0.15, -0.1) is 0 Å². The number of likely N-dealkylation sites (tertiary alicyclic amines) is 1. The Balaban J connectivity index is 1.27.